The first kappa shape index (κ1) is 55.1. The van der Waals surface area contributed by atoms with Crippen molar-refractivity contribution in [2.75, 3.05) is 0 Å². The minimum absolute atomic E-state index is 0.199. The van der Waals surface area contributed by atoms with Crippen molar-refractivity contribution in [3.05, 3.63) is 357 Å². The zero-order valence-corrected chi connectivity index (χ0v) is 52.3. The van der Waals surface area contributed by atoms with Crippen LogP contribution in [0.15, 0.2) is 361 Å². The van der Waals surface area contributed by atoms with Crippen molar-refractivity contribution < 1.29 is 8.83 Å². The second-order valence-electron chi connectivity index (χ2n) is 25.4. The summed E-state index contributed by atoms with van der Waals surface area (Å²) < 4.78 is 16.7. The SMILES string of the molecule is C1=CC(n2c3cc(-c4cc(-c5ccccc5)cc5c4oc4ccc(-c6ccccc6)cc45)ccc3c3ccc(-c4cc(-c5ccccc5)cc5c4oc4ccc(-c6ccccc6)cc45)cc32)C=CC(c2ccc3c(-c4ccccc4)c4ccccc4c(-c4ccccc4)c3c2)=C1. The van der Waals surface area contributed by atoms with E-state index < -0.39 is 0 Å². The predicted molar refractivity (Wildman–Crippen MR) is 404 cm³/mol. The highest BCUT2D eigenvalue weighted by Crippen LogP contribution is 2.48. The van der Waals surface area contributed by atoms with Gasteiger partial charge in [-0.15, -0.1) is 0 Å². The molecule has 15 aromatic carbocycles. The summed E-state index contributed by atoms with van der Waals surface area (Å²) in [5, 5.41) is 11.6. The molecule has 3 nitrogen and oxygen atoms in total. The van der Waals surface area contributed by atoms with Crippen molar-refractivity contribution in [2.45, 2.75) is 6.04 Å². The smallest absolute Gasteiger partial charge is 0.143 e. The van der Waals surface area contributed by atoms with Gasteiger partial charge in [0.2, 0.25) is 0 Å². The quantitative estimate of drug-likeness (QED) is 0.128. The van der Waals surface area contributed by atoms with Crippen LogP contribution in [0.5, 0.6) is 0 Å². The Labute approximate surface area is 555 Å². The Hall–Kier alpha value is -12.6. The molecule has 0 radical (unpaired) electrons. The monoisotopic (exact) mass is 1220 g/mol. The van der Waals surface area contributed by atoms with Gasteiger partial charge in [0.05, 0.1) is 17.1 Å². The minimum Gasteiger partial charge on any atom is -0.455 e. The molecule has 0 spiro atoms. The summed E-state index contributed by atoms with van der Waals surface area (Å²) in [6.45, 7) is 0. The number of hydrogen-bond acceptors (Lipinski definition) is 2. The lowest BCUT2D eigenvalue weighted by molar-refractivity contribution is 0.669. The van der Waals surface area contributed by atoms with Crippen molar-refractivity contribution in [2.24, 2.45) is 0 Å². The second-order valence-corrected chi connectivity index (χ2v) is 25.4. The second kappa shape index (κ2) is 22.6. The van der Waals surface area contributed by atoms with Crippen LogP contribution in [0, 0.1) is 0 Å². The number of fused-ring (bicyclic) bond motifs is 11. The largest absolute Gasteiger partial charge is 0.455 e. The van der Waals surface area contributed by atoms with E-state index in [0.717, 1.165) is 132 Å². The molecule has 0 saturated carbocycles. The van der Waals surface area contributed by atoms with E-state index >= 15 is 0 Å². The van der Waals surface area contributed by atoms with E-state index in [1.54, 1.807) is 0 Å². The van der Waals surface area contributed by atoms with Crippen molar-refractivity contribution in [1.29, 1.82) is 0 Å². The van der Waals surface area contributed by atoms with Crippen molar-refractivity contribution in [3.8, 4) is 89.0 Å². The molecule has 0 fully saturated rings. The average molecular weight is 1220 g/mol. The maximum absolute atomic E-state index is 7.06. The average Bonchev–Trinajstić information content (AvgIpc) is 1.10. The Kier molecular flexibility index (Phi) is 13.0. The van der Waals surface area contributed by atoms with Crippen molar-refractivity contribution >= 4 is 92.8 Å². The van der Waals surface area contributed by atoms with Gasteiger partial charge in [-0.3, -0.25) is 0 Å². The van der Waals surface area contributed by atoms with Crippen LogP contribution in [0.2, 0.25) is 0 Å². The van der Waals surface area contributed by atoms with Crippen LogP contribution >= 0.6 is 0 Å². The zero-order valence-electron chi connectivity index (χ0n) is 52.3. The van der Waals surface area contributed by atoms with Gasteiger partial charge < -0.3 is 13.4 Å². The van der Waals surface area contributed by atoms with Gasteiger partial charge in [-0.25, -0.2) is 0 Å². The Bertz CT molecular complexity index is 5950. The number of allylic oxidation sites excluding steroid dienone is 6. The molecule has 1 aliphatic carbocycles. The van der Waals surface area contributed by atoms with E-state index in [2.05, 4.69) is 356 Å². The van der Waals surface area contributed by atoms with Gasteiger partial charge in [0.15, 0.2) is 0 Å². The highest BCUT2D eigenvalue weighted by molar-refractivity contribution is 6.22. The van der Waals surface area contributed by atoms with E-state index in [1.807, 2.05) is 0 Å². The molecule has 1 atom stereocenters. The molecule has 0 aliphatic heterocycles. The van der Waals surface area contributed by atoms with Crippen LogP contribution in [-0.4, -0.2) is 4.57 Å². The third-order valence-electron chi connectivity index (χ3n) is 19.8. The standard InChI is InChI=1S/C93H59NO2/c1-7-22-59(23-8-1)67-42-48-88-81(50-67)84-55-71(61-26-11-3-12-27-61)53-79(92(84)95-88)69-40-45-74-75-46-41-70(80-54-72(62-28-13-4-14-29-62)56-85-82-51-68(60-24-9-2-10-25-60)43-49-89(82)96-93(80)85)58-87(75)94(86(74)57-69)73-35-21-34-63(38-44-73)66-39-47-78-83(52-66)91(65-32-17-6-18-33-65)77-37-20-19-36-76(77)90(78)64-30-15-5-16-31-64/h1-58,73H. The highest BCUT2D eigenvalue weighted by atomic mass is 16.3. The molecule has 96 heavy (non-hydrogen) atoms. The van der Waals surface area contributed by atoms with Crippen LogP contribution in [-0.2, 0) is 0 Å². The van der Waals surface area contributed by atoms with E-state index in [0.29, 0.717) is 0 Å². The molecule has 448 valence electrons. The third kappa shape index (κ3) is 9.27. The lowest BCUT2D eigenvalue weighted by Crippen LogP contribution is -2.03. The van der Waals surface area contributed by atoms with E-state index in [4.69, 9.17) is 8.83 Å². The number of furan rings is 2. The van der Waals surface area contributed by atoms with Crippen molar-refractivity contribution in [1.82, 2.24) is 4.57 Å². The molecular weight excluding hydrogens is 1160 g/mol. The van der Waals surface area contributed by atoms with Gasteiger partial charge >= 0.3 is 0 Å². The van der Waals surface area contributed by atoms with Crippen LogP contribution in [0.1, 0.15) is 11.6 Å². The Balaban J connectivity index is 0.819. The Morgan fingerprint density at radius 2 is 0.604 bits per heavy atom. The van der Waals surface area contributed by atoms with E-state index in [9.17, 15) is 0 Å². The first-order chi connectivity index (χ1) is 47.6. The summed E-state index contributed by atoms with van der Waals surface area (Å²) in [4.78, 5) is 0. The minimum atomic E-state index is -0.199. The Morgan fingerprint density at radius 1 is 0.240 bits per heavy atom. The molecule has 0 saturated heterocycles. The molecule has 3 heteroatoms. The summed E-state index contributed by atoms with van der Waals surface area (Å²) in [6, 6.07) is 117. The van der Waals surface area contributed by atoms with Crippen LogP contribution < -0.4 is 0 Å². The summed E-state index contributed by atoms with van der Waals surface area (Å²) in [7, 11) is 0. The normalized spacial score (nSPS) is 13.3. The lowest BCUT2D eigenvalue weighted by Gasteiger charge is -2.19. The predicted octanol–water partition coefficient (Wildman–Crippen LogP) is 26.0. The topological polar surface area (TPSA) is 31.2 Å². The van der Waals surface area contributed by atoms with Crippen molar-refractivity contribution in [3.63, 3.8) is 0 Å². The van der Waals surface area contributed by atoms with Gasteiger partial charge in [-0.1, -0.05) is 285 Å². The molecule has 0 bridgehead atoms. The van der Waals surface area contributed by atoms with E-state index in [-0.39, 0.29) is 6.04 Å². The van der Waals surface area contributed by atoms with Gasteiger partial charge in [0.1, 0.15) is 22.3 Å². The number of benzene rings is 15. The molecule has 1 aliphatic rings. The fraction of sp³-hybridized carbons (Fsp3) is 0.0108. The summed E-state index contributed by atoms with van der Waals surface area (Å²) >= 11 is 0. The number of aromatic nitrogens is 1. The molecule has 18 aromatic rings. The van der Waals surface area contributed by atoms with E-state index in [1.165, 1.54) is 54.9 Å². The summed E-state index contributed by atoms with van der Waals surface area (Å²) in [6.07, 6.45) is 11.6. The molecule has 0 amide bonds. The summed E-state index contributed by atoms with van der Waals surface area (Å²) in [5.41, 5.74) is 26.2. The first-order valence-corrected chi connectivity index (χ1v) is 33.1. The zero-order chi connectivity index (χ0) is 63.2. The van der Waals surface area contributed by atoms with Crippen LogP contribution in [0.4, 0.5) is 0 Å². The number of nitrogens with zero attached hydrogens (tertiary/aromatic N) is 1. The van der Waals surface area contributed by atoms with Gasteiger partial charge in [0, 0.05) is 43.4 Å². The van der Waals surface area contributed by atoms with Crippen LogP contribution in [0.25, 0.3) is 182 Å². The van der Waals surface area contributed by atoms with Gasteiger partial charge in [0.25, 0.3) is 0 Å². The fourth-order valence-corrected chi connectivity index (χ4v) is 15.3. The lowest BCUT2D eigenvalue weighted by atomic mass is 9.85. The molecule has 0 N–H and O–H groups in total. The summed E-state index contributed by atoms with van der Waals surface area (Å²) in [5.74, 6) is 0. The maximum Gasteiger partial charge on any atom is 0.143 e. The third-order valence-corrected chi connectivity index (χ3v) is 19.8. The molecule has 1 unspecified atom stereocenters. The van der Waals surface area contributed by atoms with Gasteiger partial charge in [-0.05, 0) is 177 Å². The maximum atomic E-state index is 7.06. The van der Waals surface area contributed by atoms with Crippen LogP contribution in [0.3, 0.4) is 0 Å². The molecule has 3 heterocycles. The number of hydrogen-bond donors (Lipinski definition) is 0. The molecule has 19 rings (SSSR count). The molecular formula is C93H59NO2. The van der Waals surface area contributed by atoms with Gasteiger partial charge in [-0.2, -0.15) is 0 Å². The highest BCUT2D eigenvalue weighted by Gasteiger charge is 2.24. The number of rotatable bonds is 10. The first-order valence-electron chi connectivity index (χ1n) is 33.1. The molecule has 3 aromatic heterocycles. The Morgan fingerprint density at radius 3 is 1.07 bits per heavy atom. The fourth-order valence-electron chi connectivity index (χ4n) is 15.3.